The molecule has 1 aliphatic rings. The molecule has 1 aliphatic carbocycles. The quantitative estimate of drug-likeness (QED) is 0.851. The molecule has 2 nitrogen and oxygen atoms in total. The van der Waals surface area contributed by atoms with Gasteiger partial charge in [0.05, 0.1) is 11.7 Å². The molecule has 1 saturated carbocycles. The molecule has 1 aromatic rings. The lowest BCUT2D eigenvalue weighted by molar-refractivity contribution is 0.220. The largest absolute Gasteiger partial charge is 0.308 e. The van der Waals surface area contributed by atoms with Crippen LogP contribution < -0.4 is 5.32 Å². The van der Waals surface area contributed by atoms with E-state index < -0.39 is 0 Å². The molecule has 112 valence electrons. The van der Waals surface area contributed by atoms with Gasteiger partial charge in [-0.15, -0.1) is 0 Å². The molecule has 0 amide bonds. The zero-order valence-electron chi connectivity index (χ0n) is 13.6. The fraction of sp³-hybridized carbons (Fsp3) is 0.722. The maximum Gasteiger partial charge on any atom is 0.0605 e. The highest BCUT2D eigenvalue weighted by Gasteiger charge is 2.29. The number of hydrogen-bond acceptors (Lipinski definition) is 2. The second kappa shape index (κ2) is 7.21. The second-order valence-electron chi connectivity index (χ2n) is 6.68. The van der Waals surface area contributed by atoms with Crippen molar-refractivity contribution in [2.75, 3.05) is 6.54 Å². The van der Waals surface area contributed by atoms with Crippen molar-refractivity contribution >= 4 is 0 Å². The summed E-state index contributed by atoms with van der Waals surface area (Å²) in [7, 11) is 0. The minimum atomic E-state index is 0.443. The van der Waals surface area contributed by atoms with Crippen LogP contribution in [0, 0.1) is 25.7 Å². The Bertz CT molecular complexity index is 427. The lowest BCUT2D eigenvalue weighted by Crippen LogP contribution is -2.33. The molecule has 3 atom stereocenters. The first-order valence-corrected chi connectivity index (χ1v) is 8.28. The molecule has 3 unspecified atom stereocenters. The van der Waals surface area contributed by atoms with Gasteiger partial charge in [0.2, 0.25) is 0 Å². The van der Waals surface area contributed by atoms with E-state index in [1.165, 1.54) is 48.9 Å². The molecule has 0 saturated heterocycles. The summed E-state index contributed by atoms with van der Waals surface area (Å²) >= 11 is 0. The molecule has 0 bridgehead atoms. The van der Waals surface area contributed by atoms with Crippen LogP contribution in [0.4, 0.5) is 0 Å². The van der Waals surface area contributed by atoms with E-state index in [4.69, 9.17) is 4.98 Å². The molecule has 0 aromatic carbocycles. The predicted molar refractivity (Wildman–Crippen MR) is 85.9 cm³/mol. The molecule has 20 heavy (non-hydrogen) atoms. The van der Waals surface area contributed by atoms with Gasteiger partial charge in [-0.1, -0.05) is 32.8 Å². The van der Waals surface area contributed by atoms with Gasteiger partial charge in [0.1, 0.15) is 0 Å². The summed E-state index contributed by atoms with van der Waals surface area (Å²) in [4.78, 5) is 4.77. The highest BCUT2D eigenvalue weighted by Crippen LogP contribution is 2.37. The third-order valence-corrected chi connectivity index (χ3v) is 4.61. The van der Waals surface area contributed by atoms with Gasteiger partial charge in [0.25, 0.3) is 0 Å². The summed E-state index contributed by atoms with van der Waals surface area (Å²) in [5.74, 6) is 1.62. The summed E-state index contributed by atoms with van der Waals surface area (Å²) in [5.41, 5.74) is 3.89. The van der Waals surface area contributed by atoms with E-state index in [0.29, 0.717) is 6.04 Å². The van der Waals surface area contributed by atoms with Gasteiger partial charge in [-0.2, -0.15) is 0 Å². The van der Waals surface area contributed by atoms with E-state index in [2.05, 4.69) is 39.1 Å². The van der Waals surface area contributed by atoms with Crippen molar-refractivity contribution in [3.63, 3.8) is 0 Å². The smallest absolute Gasteiger partial charge is 0.0605 e. The van der Waals surface area contributed by atoms with Gasteiger partial charge in [-0.05, 0) is 62.6 Å². The monoisotopic (exact) mass is 274 g/mol. The van der Waals surface area contributed by atoms with E-state index in [0.717, 1.165) is 18.4 Å². The van der Waals surface area contributed by atoms with Gasteiger partial charge in [0.15, 0.2) is 0 Å². The highest BCUT2D eigenvalue weighted by atomic mass is 14.9. The normalized spacial score (nSPS) is 24.6. The molecular weight excluding hydrogens is 244 g/mol. The minimum absolute atomic E-state index is 0.443. The van der Waals surface area contributed by atoms with Gasteiger partial charge >= 0.3 is 0 Å². The van der Waals surface area contributed by atoms with Gasteiger partial charge in [0, 0.05) is 6.20 Å². The molecule has 1 aromatic heterocycles. The molecule has 2 rings (SSSR count). The maximum atomic E-state index is 4.77. The van der Waals surface area contributed by atoms with E-state index >= 15 is 0 Å². The summed E-state index contributed by atoms with van der Waals surface area (Å²) in [6.07, 6.45) is 8.67. The molecule has 1 fully saturated rings. The van der Waals surface area contributed by atoms with Crippen molar-refractivity contribution in [1.82, 2.24) is 10.3 Å². The second-order valence-corrected chi connectivity index (χ2v) is 6.68. The van der Waals surface area contributed by atoms with Crippen molar-refractivity contribution in [3.05, 3.63) is 29.1 Å². The Hall–Kier alpha value is -0.890. The first kappa shape index (κ1) is 15.5. The highest BCUT2D eigenvalue weighted by molar-refractivity contribution is 5.26. The Labute approximate surface area is 124 Å². The topological polar surface area (TPSA) is 24.9 Å². The van der Waals surface area contributed by atoms with E-state index in [9.17, 15) is 0 Å². The van der Waals surface area contributed by atoms with Crippen molar-refractivity contribution in [3.8, 4) is 0 Å². The third kappa shape index (κ3) is 3.82. The SMILES string of the molecule is CCCNC(c1ncc(C)cc1C)C1CCCC(C)C1. The number of nitrogens with zero attached hydrogens (tertiary/aromatic N) is 1. The Morgan fingerprint density at radius 2 is 2.15 bits per heavy atom. The summed E-state index contributed by atoms with van der Waals surface area (Å²) in [6, 6.07) is 2.72. The van der Waals surface area contributed by atoms with Crippen LogP contribution in [0.25, 0.3) is 0 Å². The van der Waals surface area contributed by atoms with Crippen molar-refractivity contribution in [1.29, 1.82) is 0 Å². The van der Waals surface area contributed by atoms with E-state index in [1.54, 1.807) is 0 Å². The number of aromatic nitrogens is 1. The Balaban J connectivity index is 2.21. The van der Waals surface area contributed by atoms with Crippen LogP contribution >= 0.6 is 0 Å². The maximum absolute atomic E-state index is 4.77. The van der Waals surface area contributed by atoms with Gasteiger partial charge in [-0.3, -0.25) is 4.98 Å². The van der Waals surface area contributed by atoms with Gasteiger partial charge in [-0.25, -0.2) is 0 Å². The molecule has 1 heterocycles. The predicted octanol–water partition coefficient (Wildman–Crippen LogP) is 4.57. The summed E-state index contributed by atoms with van der Waals surface area (Å²) < 4.78 is 0. The van der Waals surface area contributed by atoms with Crippen molar-refractivity contribution < 1.29 is 0 Å². The average Bonchev–Trinajstić information content (AvgIpc) is 2.41. The molecule has 0 radical (unpaired) electrons. The van der Waals surface area contributed by atoms with E-state index in [-0.39, 0.29) is 0 Å². The minimum Gasteiger partial charge on any atom is -0.308 e. The van der Waals surface area contributed by atoms with Crippen LogP contribution in [-0.2, 0) is 0 Å². The number of aryl methyl sites for hydroxylation is 2. The van der Waals surface area contributed by atoms with Crippen LogP contribution in [0.2, 0.25) is 0 Å². The Kier molecular flexibility index (Phi) is 5.59. The fourth-order valence-electron chi connectivity index (χ4n) is 3.62. The van der Waals surface area contributed by atoms with Crippen LogP contribution in [0.3, 0.4) is 0 Å². The molecule has 2 heteroatoms. The zero-order valence-corrected chi connectivity index (χ0v) is 13.6. The third-order valence-electron chi connectivity index (χ3n) is 4.61. The average molecular weight is 274 g/mol. The number of hydrogen-bond donors (Lipinski definition) is 1. The van der Waals surface area contributed by atoms with Crippen LogP contribution in [0.15, 0.2) is 12.3 Å². The number of nitrogens with one attached hydrogen (secondary N) is 1. The van der Waals surface area contributed by atoms with E-state index in [1.807, 2.05) is 6.20 Å². The molecule has 0 aliphatic heterocycles. The lowest BCUT2D eigenvalue weighted by atomic mass is 9.77. The van der Waals surface area contributed by atoms with Gasteiger partial charge < -0.3 is 5.32 Å². The zero-order chi connectivity index (χ0) is 14.5. The Morgan fingerprint density at radius 3 is 2.80 bits per heavy atom. The first-order valence-electron chi connectivity index (χ1n) is 8.28. The van der Waals surface area contributed by atoms with Crippen molar-refractivity contribution in [2.45, 2.75) is 65.8 Å². The van der Waals surface area contributed by atoms with Crippen LogP contribution in [-0.4, -0.2) is 11.5 Å². The Morgan fingerprint density at radius 1 is 1.35 bits per heavy atom. The lowest BCUT2D eigenvalue weighted by Gasteiger charge is -2.34. The molecule has 0 spiro atoms. The summed E-state index contributed by atoms with van der Waals surface area (Å²) in [6.45, 7) is 10.1. The number of pyridine rings is 1. The molecular formula is C18H30N2. The molecule has 1 N–H and O–H groups in total. The number of rotatable bonds is 5. The fourth-order valence-corrected chi connectivity index (χ4v) is 3.62. The van der Waals surface area contributed by atoms with Crippen LogP contribution in [0.1, 0.15) is 68.8 Å². The van der Waals surface area contributed by atoms with Crippen molar-refractivity contribution in [2.24, 2.45) is 11.8 Å². The standard InChI is InChI=1S/C18H30N2/c1-5-9-19-18(16-8-6-7-13(2)11-16)17-15(4)10-14(3)12-20-17/h10,12-13,16,18-19H,5-9,11H2,1-4H3. The van der Waals surface area contributed by atoms with Crippen LogP contribution in [0.5, 0.6) is 0 Å². The summed E-state index contributed by atoms with van der Waals surface area (Å²) in [5, 5.41) is 3.77. The first-order chi connectivity index (χ1) is 9.61.